The Morgan fingerprint density at radius 1 is 1.47 bits per heavy atom. The van der Waals surface area contributed by atoms with Gasteiger partial charge < -0.3 is 5.32 Å². The molecule has 1 saturated heterocycles. The second-order valence-corrected chi connectivity index (χ2v) is 4.48. The van der Waals surface area contributed by atoms with Gasteiger partial charge in [-0.3, -0.25) is 14.5 Å². The van der Waals surface area contributed by atoms with Gasteiger partial charge in [-0.2, -0.15) is 0 Å². The molecular weight excluding hydrogens is 254 g/mol. The van der Waals surface area contributed by atoms with Crippen LogP contribution in [0.3, 0.4) is 0 Å². The van der Waals surface area contributed by atoms with Crippen molar-refractivity contribution in [3.63, 3.8) is 0 Å². The molecule has 2 rings (SSSR count). The van der Waals surface area contributed by atoms with Crippen molar-refractivity contribution < 1.29 is 18.4 Å². The molecule has 1 aromatic rings. The third kappa shape index (κ3) is 2.96. The van der Waals surface area contributed by atoms with E-state index < -0.39 is 23.5 Å². The molecule has 0 aliphatic carbocycles. The summed E-state index contributed by atoms with van der Waals surface area (Å²) in [6.07, 6.45) is 0. The van der Waals surface area contributed by atoms with Gasteiger partial charge in [0.15, 0.2) is 5.78 Å². The van der Waals surface area contributed by atoms with Crippen molar-refractivity contribution in [1.82, 2.24) is 10.2 Å². The molecule has 0 spiro atoms. The summed E-state index contributed by atoms with van der Waals surface area (Å²) in [5.41, 5.74) is -0.153. The molecule has 4 nitrogen and oxygen atoms in total. The molecule has 1 N–H and O–H groups in total. The quantitative estimate of drug-likeness (QED) is 0.831. The van der Waals surface area contributed by atoms with Crippen molar-refractivity contribution in [3.05, 3.63) is 35.4 Å². The summed E-state index contributed by atoms with van der Waals surface area (Å²) >= 11 is 0. The minimum Gasteiger partial charge on any atom is -0.353 e. The molecule has 1 aliphatic heterocycles. The van der Waals surface area contributed by atoms with E-state index in [0.29, 0.717) is 19.2 Å². The molecule has 0 bridgehead atoms. The minimum atomic E-state index is -0.876. The molecule has 1 unspecified atom stereocenters. The van der Waals surface area contributed by atoms with Crippen LogP contribution in [0.1, 0.15) is 17.3 Å². The highest BCUT2D eigenvalue weighted by molar-refractivity contribution is 5.98. The summed E-state index contributed by atoms with van der Waals surface area (Å²) in [4.78, 5) is 25.1. The molecule has 1 aliphatic rings. The van der Waals surface area contributed by atoms with Crippen LogP contribution in [-0.4, -0.2) is 42.3 Å². The number of ketones is 1. The number of nitrogens with zero attached hydrogens (tertiary/aromatic N) is 1. The SMILES string of the molecule is CC1C(=O)NCCN1CC(=O)c1ccc(F)cc1F. The van der Waals surface area contributed by atoms with Gasteiger partial charge in [0.05, 0.1) is 18.2 Å². The Bertz CT molecular complexity index is 519. The summed E-state index contributed by atoms with van der Waals surface area (Å²) in [6.45, 7) is 2.61. The van der Waals surface area contributed by atoms with E-state index in [1.807, 2.05) is 0 Å². The Morgan fingerprint density at radius 2 is 2.21 bits per heavy atom. The van der Waals surface area contributed by atoms with E-state index in [1.165, 1.54) is 0 Å². The number of piperazine rings is 1. The van der Waals surface area contributed by atoms with Gasteiger partial charge in [-0.15, -0.1) is 0 Å². The lowest BCUT2D eigenvalue weighted by molar-refractivity contribution is -0.127. The number of benzene rings is 1. The second-order valence-electron chi connectivity index (χ2n) is 4.48. The van der Waals surface area contributed by atoms with Gasteiger partial charge in [-0.05, 0) is 19.1 Å². The van der Waals surface area contributed by atoms with Crippen LogP contribution in [0.25, 0.3) is 0 Å². The lowest BCUT2D eigenvalue weighted by Gasteiger charge is -2.32. The average Bonchev–Trinajstić information content (AvgIpc) is 2.34. The molecule has 19 heavy (non-hydrogen) atoms. The van der Waals surface area contributed by atoms with Crippen molar-refractivity contribution in [2.75, 3.05) is 19.6 Å². The lowest BCUT2D eigenvalue weighted by Crippen LogP contribution is -2.55. The van der Waals surface area contributed by atoms with Gasteiger partial charge in [0.25, 0.3) is 0 Å². The van der Waals surface area contributed by atoms with Crippen LogP contribution in [0.15, 0.2) is 18.2 Å². The molecular formula is C13H14F2N2O2. The molecule has 1 fully saturated rings. The normalized spacial score (nSPS) is 20.2. The maximum Gasteiger partial charge on any atom is 0.237 e. The van der Waals surface area contributed by atoms with Gasteiger partial charge in [0.2, 0.25) is 5.91 Å². The van der Waals surface area contributed by atoms with E-state index in [0.717, 1.165) is 12.1 Å². The van der Waals surface area contributed by atoms with Crippen molar-refractivity contribution in [2.24, 2.45) is 0 Å². The smallest absolute Gasteiger partial charge is 0.237 e. The van der Waals surface area contributed by atoms with Gasteiger partial charge in [-0.1, -0.05) is 0 Å². The second kappa shape index (κ2) is 5.44. The third-order valence-corrected chi connectivity index (χ3v) is 3.20. The van der Waals surface area contributed by atoms with Crippen molar-refractivity contribution in [3.8, 4) is 0 Å². The highest BCUT2D eigenvalue weighted by atomic mass is 19.1. The molecule has 1 atom stereocenters. The number of carbonyl (C=O) groups excluding carboxylic acids is 2. The molecule has 102 valence electrons. The Kier molecular flexibility index (Phi) is 3.90. The zero-order chi connectivity index (χ0) is 14.0. The topological polar surface area (TPSA) is 49.4 Å². The largest absolute Gasteiger partial charge is 0.353 e. The van der Waals surface area contributed by atoms with Crippen LogP contribution >= 0.6 is 0 Å². The van der Waals surface area contributed by atoms with E-state index in [-0.39, 0.29) is 18.0 Å². The maximum atomic E-state index is 13.5. The zero-order valence-electron chi connectivity index (χ0n) is 10.5. The molecule has 0 saturated carbocycles. The number of rotatable bonds is 3. The fraction of sp³-hybridized carbons (Fsp3) is 0.385. The van der Waals surface area contributed by atoms with Gasteiger partial charge in [0.1, 0.15) is 11.6 Å². The van der Waals surface area contributed by atoms with E-state index in [9.17, 15) is 18.4 Å². The number of nitrogens with one attached hydrogen (secondary N) is 1. The van der Waals surface area contributed by atoms with Crippen molar-refractivity contribution in [2.45, 2.75) is 13.0 Å². The molecule has 1 amide bonds. The van der Waals surface area contributed by atoms with Gasteiger partial charge in [-0.25, -0.2) is 8.78 Å². The predicted molar refractivity (Wildman–Crippen MR) is 64.7 cm³/mol. The van der Waals surface area contributed by atoms with Crippen molar-refractivity contribution in [1.29, 1.82) is 0 Å². The monoisotopic (exact) mass is 268 g/mol. The summed E-state index contributed by atoms with van der Waals surface area (Å²) in [5.74, 6) is -2.21. The predicted octanol–water partition coefficient (Wildman–Crippen LogP) is 0.968. The summed E-state index contributed by atoms with van der Waals surface area (Å²) in [6, 6.07) is 2.42. The van der Waals surface area contributed by atoms with E-state index in [4.69, 9.17) is 0 Å². The van der Waals surface area contributed by atoms with Crippen LogP contribution in [0, 0.1) is 11.6 Å². The number of hydrogen-bond donors (Lipinski definition) is 1. The van der Waals surface area contributed by atoms with Crippen LogP contribution in [0.4, 0.5) is 8.78 Å². The van der Waals surface area contributed by atoms with Crippen LogP contribution in [0.5, 0.6) is 0 Å². The zero-order valence-corrected chi connectivity index (χ0v) is 10.5. The Hall–Kier alpha value is -1.82. The molecule has 1 aromatic carbocycles. The fourth-order valence-corrected chi connectivity index (χ4v) is 2.03. The molecule has 1 heterocycles. The fourth-order valence-electron chi connectivity index (χ4n) is 2.03. The molecule has 0 aromatic heterocycles. The number of halogens is 2. The summed E-state index contributed by atoms with van der Waals surface area (Å²) in [7, 11) is 0. The third-order valence-electron chi connectivity index (χ3n) is 3.20. The molecule has 6 heteroatoms. The number of carbonyl (C=O) groups is 2. The average molecular weight is 268 g/mol. The Morgan fingerprint density at radius 3 is 2.89 bits per heavy atom. The van der Waals surface area contributed by atoms with E-state index in [2.05, 4.69) is 5.32 Å². The summed E-state index contributed by atoms with van der Waals surface area (Å²) in [5, 5.41) is 2.68. The van der Waals surface area contributed by atoms with E-state index in [1.54, 1.807) is 11.8 Å². The first-order valence-electron chi connectivity index (χ1n) is 5.99. The maximum absolute atomic E-state index is 13.5. The molecule has 0 radical (unpaired) electrons. The first-order valence-corrected chi connectivity index (χ1v) is 5.99. The summed E-state index contributed by atoms with van der Waals surface area (Å²) < 4.78 is 26.2. The minimum absolute atomic E-state index is 0.0584. The Balaban J connectivity index is 2.10. The number of hydrogen-bond acceptors (Lipinski definition) is 3. The van der Waals surface area contributed by atoms with Gasteiger partial charge >= 0.3 is 0 Å². The first kappa shape index (κ1) is 13.6. The standard InChI is InChI=1S/C13H14F2N2O2/c1-8-13(19)16-4-5-17(8)7-12(18)10-3-2-9(14)6-11(10)15/h2-3,6,8H,4-5,7H2,1H3,(H,16,19). The van der Waals surface area contributed by atoms with E-state index >= 15 is 0 Å². The van der Waals surface area contributed by atoms with Crippen LogP contribution in [0.2, 0.25) is 0 Å². The Labute approximate surface area is 109 Å². The van der Waals surface area contributed by atoms with Gasteiger partial charge in [0, 0.05) is 19.2 Å². The number of amides is 1. The van der Waals surface area contributed by atoms with Crippen LogP contribution in [-0.2, 0) is 4.79 Å². The highest BCUT2D eigenvalue weighted by Gasteiger charge is 2.27. The van der Waals surface area contributed by atoms with Crippen molar-refractivity contribution >= 4 is 11.7 Å². The van der Waals surface area contributed by atoms with Crippen LogP contribution < -0.4 is 5.32 Å². The lowest BCUT2D eigenvalue weighted by atomic mass is 10.1. The number of Topliss-reactive ketones (excluding diaryl/α,β-unsaturated/α-hetero) is 1. The first-order chi connectivity index (χ1) is 8.99. The highest BCUT2D eigenvalue weighted by Crippen LogP contribution is 2.12.